The van der Waals surface area contributed by atoms with Crippen LogP contribution in [0.1, 0.15) is 10.4 Å². The largest absolute Gasteiger partial charge is 0.417 e. The normalized spacial score (nSPS) is 12.0. The zero-order valence-corrected chi connectivity index (χ0v) is 6.43. The van der Waals surface area contributed by atoms with Crippen LogP contribution in [0.25, 0.3) is 0 Å². The lowest BCUT2D eigenvalue weighted by Gasteiger charge is -2.00. The average Bonchev–Trinajstić information content (AvgIpc) is 2.32. The van der Waals surface area contributed by atoms with E-state index in [1.54, 1.807) is 0 Å². The molecule has 11 heavy (non-hydrogen) atoms. The summed E-state index contributed by atoms with van der Waals surface area (Å²) in [5.41, 5.74) is -0.568. The van der Waals surface area contributed by atoms with E-state index in [-0.39, 0.29) is 0 Å². The molecule has 0 saturated heterocycles. The maximum Gasteiger partial charge on any atom is 0.417 e. The Morgan fingerprint density at radius 3 is 2.36 bits per heavy atom. The minimum Gasteiger partial charge on any atom is -0.166 e. The van der Waals surface area contributed by atoms with Gasteiger partial charge in [0, 0.05) is 10.3 Å². The Balaban J connectivity index is 2.89. The summed E-state index contributed by atoms with van der Waals surface area (Å²) in [5.74, 6) is 0. The van der Waals surface area contributed by atoms with Gasteiger partial charge in [-0.1, -0.05) is 0 Å². The van der Waals surface area contributed by atoms with E-state index in [1.165, 1.54) is 0 Å². The second-order valence-corrected chi connectivity index (χ2v) is 3.05. The molecule has 0 spiro atoms. The number of thiophene rings is 1. The van der Waals surface area contributed by atoms with E-state index in [0.717, 1.165) is 22.8 Å². The smallest absolute Gasteiger partial charge is 0.166 e. The molecule has 0 aliphatic heterocycles. The predicted octanol–water partition coefficient (Wildman–Crippen LogP) is 3.14. The van der Waals surface area contributed by atoms with Crippen molar-refractivity contribution in [2.24, 2.45) is 0 Å². The van der Waals surface area contributed by atoms with Gasteiger partial charge >= 0.3 is 6.18 Å². The van der Waals surface area contributed by atoms with Gasteiger partial charge < -0.3 is 0 Å². The fourth-order valence-corrected chi connectivity index (χ4v) is 1.45. The van der Waals surface area contributed by atoms with Gasteiger partial charge in [-0.05, 0) is 19.4 Å². The summed E-state index contributed by atoms with van der Waals surface area (Å²) in [6.07, 6.45) is -3.79. The van der Waals surface area contributed by atoms with Gasteiger partial charge in [-0.25, -0.2) is 0 Å². The molecule has 0 fully saturated rings. The van der Waals surface area contributed by atoms with Crippen LogP contribution in [-0.4, -0.2) is 0 Å². The molecular weight excluding hydrogens is 173 g/mol. The van der Waals surface area contributed by atoms with Gasteiger partial charge in [0.2, 0.25) is 0 Å². The number of hydrogen-bond donors (Lipinski definition) is 0. The maximum absolute atomic E-state index is 11.9. The molecule has 1 aromatic rings. The van der Waals surface area contributed by atoms with Gasteiger partial charge in [0.05, 0.1) is 5.56 Å². The lowest BCUT2D eigenvalue weighted by Crippen LogP contribution is -2.01. The molecule has 0 aliphatic rings. The summed E-state index contributed by atoms with van der Waals surface area (Å²) in [6.45, 7) is 3.49. The van der Waals surface area contributed by atoms with Crippen LogP contribution in [-0.2, 0) is 12.6 Å². The SMILES string of the molecule is [CH2]Cc1cc(C(F)(F)F)cs1. The molecule has 0 bridgehead atoms. The zero-order valence-electron chi connectivity index (χ0n) is 5.61. The van der Waals surface area contributed by atoms with Crippen molar-refractivity contribution in [2.45, 2.75) is 12.6 Å². The first kappa shape index (κ1) is 8.59. The Kier molecular flexibility index (Phi) is 2.23. The molecular formula is C7H6F3S. The van der Waals surface area contributed by atoms with Crippen LogP contribution in [0.15, 0.2) is 11.4 Å². The summed E-state index contributed by atoms with van der Waals surface area (Å²) in [4.78, 5) is 0.664. The third kappa shape index (κ3) is 1.96. The summed E-state index contributed by atoms with van der Waals surface area (Å²) < 4.78 is 35.8. The van der Waals surface area contributed by atoms with Crippen molar-refractivity contribution in [3.05, 3.63) is 28.8 Å². The first-order chi connectivity index (χ1) is 5.04. The van der Waals surface area contributed by atoms with E-state index >= 15 is 0 Å². The van der Waals surface area contributed by atoms with Gasteiger partial charge in [-0.3, -0.25) is 0 Å². The Hall–Kier alpha value is -0.510. The van der Waals surface area contributed by atoms with Crippen LogP contribution < -0.4 is 0 Å². The van der Waals surface area contributed by atoms with Crippen LogP contribution in [0.2, 0.25) is 0 Å². The van der Waals surface area contributed by atoms with E-state index in [1.807, 2.05) is 0 Å². The second-order valence-electron chi connectivity index (χ2n) is 2.05. The molecule has 0 nitrogen and oxygen atoms in total. The second kappa shape index (κ2) is 2.85. The summed E-state index contributed by atoms with van der Waals surface area (Å²) >= 11 is 1.09. The highest BCUT2D eigenvalue weighted by molar-refractivity contribution is 7.10. The Bertz CT molecular complexity index is 236. The van der Waals surface area contributed by atoms with Gasteiger partial charge in [-0.2, -0.15) is 13.2 Å². The molecule has 0 amide bonds. The lowest BCUT2D eigenvalue weighted by molar-refractivity contribution is -0.137. The van der Waals surface area contributed by atoms with Crippen molar-refractivity contribution < 1.29 is 13.2 Å². The molecule has 0 unspecified atom stereocenters. The Labute approximate surface area is 66.7 Å². The highest BCUT2D eigenvalue weighted by Crippen LogP contribution is 2.32. The fourth-order valence-electron chi connectivity index (χ4n) is 0.660. The molecule has 4 heteroatoms. The highest BCUT2D eigenvalue weighted by Gasteiger charge is 2.31. The lowest BCUT2D eigenvalue weighted by atomic mass is 10.3. The van der Waals surface area contributed by atoms with Gasteiger partial charge in [0.15, 0.2) is 0 Å². The van der Waals surface area contributed by atoms with Gasteiger partial charge in [0.1, 0.15) is 0 Å². The molecule has 1 heterocycles. The Morgan fingerprint density at radius 1 is 1.45 bits per heavy atom. The first-order valence-electron chi connectivity index (χ1n) is 2.98. The van der Waals surface area contributed by atoms with Crippen molar-refractivity contribution in [1.29, 1.82) is 0 Å². The number of halogens is 3. The topological polar surface area (TPSA) is 0 Å². The van der Waals surface area contributed by atoms with Gasteiger partial charge in [0.25, 0.3) is 0 Å². The van der Waals surface area contributed by atoms with E-state index in [0.29, 0.717) is 11.3 Å². The molecule has 1 rings (SSSR count). The first-order valence-corrected chi connectivity index (χ1v) is 3.86. The van der Waals surface area contributed by atoms with Gasteiger partial charge in [-0.15, -0.1) is 11.3 Å². The molecule has 1 aromatic heterocycles. The van der Waals surface area contributed by atoms with E-state index in [2.05, 4.69) is 6.92 Å². The van der Waals surface area contributed by atoms with Crippen LogP contribution in [0.4, 0.5) is 13.2 Å². The molecule has 1 radical (unpaired) electrons. The summed E-state index contributed by atoms with van der Waals surface area (Å²) in [7, 11) is 0. The van der Waals surface area contributed by atoms with E-state index < -0.39 is 11.7 Å². The highest BCUT2D eigenvalue weighted by atomic mass is 32.1. The molecule has 0 N–H and O–H groups in total. The zero-order chi connectivity index (χ0) is 8.48. The third-order valence-electron chi connectivity index (χ3n) is 1.23. The van der Waals surface area contributed by atoms with Crippen molar-refractivity contribution in [3.8, 4) is 0 Å². The van der Waals surface area contributed by atoms with E-state index in [9.17, 15) is 13.2 Å². The molecule has 0 saturated carbocycles. The van der Waals surface area contributed by atoms with Crippen molar-refractivity contribution >= 4 is 11.3 Å². The molecule has 0 atom stereocenters. The van der Waals surface area contributed by atoms with E-state index in [4.69, 9.17) is 0 Å². The minimum absolute atomic E-state index is 0.417. The molecule has 0 aromatic carbocycles. The maximum atomic E-state index is 11.9. The third-order valence-corrected chi connectivity index (χ3v) is 2.22. The van der Waals surface area contributed by atoms with Crippen molar-refractivity contribution in [1.82, 2.24) is 0 Å². The van der Waals surface area contributed by atoms with Crippen molar-refractivity contribution in [2.75, 3.05) is 0 Å². The quantitative estimate of drug-likeness (QED) is 0.621. The predicted molar refractivity (Wildman–Crippen MR) is 38.4 cm³/mol. The van der Waals surface area contributed by atoms with Crippen LogP contribution >= 0.6 is 11.3 Å². The monoisotopic (exact) mass is 179 g/mol. The fraction of sp³-hybridized carbons (Fsp3) is 0.286. The number of rotatable bonds is 1. The van der Waals surface area contributed by atoms with Crippen LogP contribution in [0, 0.1) is 6.92 Å². The summed E-state index contributed by atoms with van der Waals surface area (Å²) in [6, 6.07) is 1.14. The average molecular weight is 179 g/mol. The molecule has 61 valence electrons. The van der Waals surface area contributed by atoms with Crippen LogP contribution in [0.3, 0.4) is 0 Å². The van der Waals surface area contributed by atoms with Crippen LogP contribution in [0.5, 0.6) is 0 Å². The Morgan fingerprint density at radius 2 is 2.09 bits per heavy atom. The molecule has 0 aliphatic carbocycles. The minimum atomic E-state index is -4.20. The standard InChI is InChI=1S/C7H6F3S/c1-2-6-3-5(4-11-6)7(8,9)10/h3-4H,1-2H2. The number of hydrogen-bond acceptors (Lipinski definition) is 1. The number of alkyl halides is 3. The summed E-state index contributed by atoms with van der Waals surface area (Å²) in [5, 5.41) is 1.11. The van der Waals surface area contributed by atoms with Crippen molar-refractivity contribution in [3.63, 3.8) is 0 Å².